The average Bonchev–Trinajstić information content (AvgIpc) is 3.13. The van der Waals surface area contributed by atoms with Crippen LogP contribution in [0.3, 0.4) is 0 Å². The van der Waals surface area contributed by atoms with E-state index in [1.807, 2.05) is 43.0 Å². The summed E-state index contributed by atoms with van der Waals surface area (Å²) in [7, 11) is 4.19. The third-order valence-corrected chi connectivity index (χ3v) is 5.47. The van der Waals surface area contributed by atoms with E-state index in [0.29, 0.717) is 6.04 Å². The van der Waals surface area contributed by atoms with Crippen molar-refractivity contribution in [3.63, 3.8) is 0 Å². The summed E-state index contributed by atoms with van der Waals surface area (Å²) in [6, 6.07) is 12.9. The van der Waals surface area contributed by atoms with Gasteiger partial charge in [0.25, 0.3) is 0 Å². The Morgan fingerprint density at radius 3 is 2.54 bits per heavy atom. The van der Waals surface area contributed by atoms with Crippen LogP contribution in [0.5, 0.6) is 0 Å². The first-order chi connectivity index (χ1) is 13.6. The van der Waals surface area contributed by atoms with E-state index in [1.54, 1.807) is 0 Å². The highest BCUT2D eigenvalue weighted by Gasteiger charge is 2.24. The van der Waals surface area contributed by atoms with Gasteiger partial charge in [-0.3, -0.25) is 9.58 Å². The summed E-state index contributed by atoms with van der Waals surface area (Å²) in [4.78, 5) is 14.3. The van der Waals surface area contributed by atoms with Crippen molar-refractivity contribution >= 4 is 5.82 Å². The lowest BCUT2D eigenvalue weighted by Gasteiger charge is -2.37. The number of aryl methyl sites for hydroxylation is 2. The molecule has 28 heavy (non-hydrogen) atoms. The predicted octanol–water partition coefficient (Wildman–Crippen LogP) is 3.29. The van der Waals surface area contributed by atoms with Crippen molar-refractivity contribution in [2.45, 2.75) is 32.4 Å². The molecule has 1 aromatic carbocycles. The lowest BCUT2D eigenvalue weighted by atomic mass is 10.0. The molecule has 1 saturated heterocycles. The predicted molar refractivity (Wildman–Crippen MR) is 112 cm³/mol. The van der Waals surface area contributed by atoms with Gasteiger partial charge in [-0.25, -0.2) is 9.97 Å². The van der Waals surface area contributed by atoms with Crippen LogP contribution in [0, 0.1) is 6.92 Å². The molecular weight excluding hydrogens is 348 g/mol. The van der Waals surface area contributed by atoms with Gasteiger partial charge >= 0.3 is 0 Å². The van der Waals surface area contributed by atoms with Gasteiger partial charge < -0.3 is 4.90 Å². The molecule has 1 fully saturated rings. The zero-order chi connectivity index (χ0) is 19.5. The molecule has 6 heteroatoms. The van der Waals surface area contributed by atoms with Gasteiger partial charge in [0, 0.05) is 61.8 Å². The van der Waals surface area contributed by atoms with E-state index in [1.165, 1.54) is 5.56 Å². The molecule has 4 rings (SSSR count). The maximum atomic E-state index is 4.86. The SMILES string of the molecule is Cc1cc(N2CCC(N(C)Cc3cnn(C)c3)CC2)nc(-c2ccccc2)n1. The van der Waals surface area contributed by atoms with Gasteiger partial charge in [0.15, 0.2) is 5.82 Å². The molecule has 0 radical (unpaired) electrons. The molecule has 0 N–H and O–H groups in total. The van der Waals surface area contributed by atoms with Crippen molar-refractivity contribution in [3.8, 4) is 11.4 Å². The molecule has 0 unspecified atom stereocenters. The van der Waals surface area contributed by atoms with Gasteiger partial charge in [0.1, 0.15) is 5.82 Å². The standard InChI is InChI=1S/C22H28N6/c1-17-13-21(25-22(24-17)19-7-5-4-6-8-19)28-11-9-20(10-12-28)26(2)15-18-14-23-27(3)16-18/h4-8,13-14,16,20H,9-12,15H2,1-3H3. The zero-order valence-electron chi connectivity index (χ0n) is 16.9. The van der Waals surface area contributed by atoms with E-state index < -0.39 is 0 Å². The Morgan fingerprint density at radius 1 is 1.11 bits per heavy atom. The van der Waals surface area contributed by atoms with Crippen LogP contribution in [0.4, 0.5) is 5.82 Å². The summed E-state index contributed by atoms with van der Waals surface area (Å²) in [5, 5.41) is 4.28. The van der Waals surface area contributed by atoms with Gasteiger partial charge in [-0.1, -0.05) is 30.3 Å². The minimum absolute atomic E-state index is 0.591. The van der Waals surface area contributed by atoms with Crippen molar-refractivity contribution in [1.82, 2.24) is 24.6 Å². The Hall–Kier alpha value is -2.73. The Morgan fingerprint density at radius 2 is 1.86 bits per heavy atom. The van der Waals surface area contributed by atoms with Crippen molar-refractivity contribution in [1.29, 1.82) is 0 Å². The molecule has 1 aliphatic rings. The van der Waals surface area contributed by atoms with E-state index >= 15 is 0 Å². The molecule has 0 amide bonds. The van der Waals surface area contributed by atoms with E-state index in [9.17, 15) is 0 Å². The minimum atomic E-state index is 0.591. The number of anilines is 1. The molecule has 2 aromatic heterocycles. The second-order valence-corrected chi connectivity index (χ2v) is 7.71. The Bertz CT molecular complexity index is 912. The van der Waals surface area contributed by atoms with Crippen molar-refractivity contribution < 1.29 is 0 Å². The summed E-state index contributed by atoms with van der Waals surface area (Å²) >= 11 is 0. The Balaban J connectivity index is 1.41. The van der Waals surface area contributed by atoms with Gasteiger partial charge in [-0.15, -0.1) is 0 Å². The van der Waals surface area contributed by atoms with Crippen LogP contribution in [0.2, 0.25) is 0 Å². The number of rotatable bonds is 5. The Labute approximate surface area is 166 Å². The number of piperidine rings is 1. The number of aromatic nitrogens is 4. The largest absolute Gasteiger partial charge is 0.356 e. The number of nitrogens with zero attached hydrogens (tertiary/aromatic N) is 6. The summed E-state index contributed by atoms with van der Waals surface area (Å²) in [6.07, 6.45) is 6.34. The Kier molecular flexibility index (Phi) is 5.39. The van der Waals surface area contributed by atoms with Crippen LogP contribution >= 0.6 is 0 Å². The molecule has 0 spiro atoms. The summed E-state index contributed by atoms with van der Waals surface area (Å²) in [5.41, 5.74) is 3.35. The third-order valence-electron chi connectivity index (χ3n) is 5.47. The quantitative estimate of drug-likeness (QED) is 0.684. The highest BCUT2D eigenvalue weighted by atomic mass is 15.3. The number of hydrogen-bond donors (Lipinski definition) is 0. The van der Waals surface area contributed by atoms with Crippen LogP contribution in [-0.4, -0.2) is 50.8 Å². The van der Waals surface area contributed by atoms with E-state index in [2.05, 4.69) is 51.3 Å². The molecular formula is C22H28N6. The van der Waals surface area contributed by atoms with Crippen LogP contribution in [0.25, 0.3) is 11.4 Å². The fourth-order valence-corrected chi connectivity index (χ4v) is 3.94. The van der Waals surface area contributed by atoms with Crippen LogP contribution < -0.4 is 4.90 Å². The van der Waals surface area contributed by atoms with Crippen molar-refractivity contribution in [3.05, 3.63) is 60.0 Å². The van der Waals surface area contributed by atoms with Crippen LogP contribution in [0.1, 0.15) is 24.1 Å². The molecule has 0 bridgehead atoms. The normalized spacial score (nSPS) is 15.4. The van der Waals surface area contributed by atoms with Gasteiger partial charge in [0.05, 0.1) is 6.20 Å². The first-order valence-electron chi connectivity index (χ1n) is 9.92. The summed E-state index contributed by atoms with van der Waals surface area (Å²) in [6.45, 7) is 5.04. The third kappa shape index (κ3) is 4.22. The maximum Gasteiger partial charge on any atom is 0.161 e. The molecule has 146 valence electrons. The average molecular weight is 377 g/mol. The number of benzene rings is 1. The monoisotopic (exact) mass is 376 g/mol. The maximum absolute atomic E-state index is 4.86. The fraction of sp³-hybridized carbons (Fsp3) is 0.409. The molecule has 0 saturated carbocycles. The van der Waals surface area contributed by atoms with Crippen molar-refractivity contribution in [2.24, 2.45) is 7.05 Å². The first kappa shape index (κ1) is 18.6. The molecule has 1 aliphatic heterocycles. The summed E-state index contributed by atoms with van der Waals surface area (Å²) < 4.78 is 1.87. The first-order valence-corrected chi connectivity index (χ1v) is 9.92. The van der Waals surface area contributed by atoms with Gasteiger partial charge in [-0.05, 0) is 26.8 Å². The molecule has 6 nitrogen and oxygen atoms in total. The summed E-state index contributed by atoms with van der Waals surface area (Å²) in [5.74, 6) is 1.85. The minimum Gasteiger partial charge on any atom is -0.356 e. The highest BCUT2D eigenvalue weighted by molar-refractivity contribution is 5.57. The molecule has 3 aromatic rings. The second-order valence-electron chi connectivity index (χ2n) is 7.71. The topological polar surface area (TPSA) is 50.1 Å². The lowest BCUT2D eigenvalue weighted by Crippen LogP contribution is -2.43. The number of hydrogen-bond acceptors (Lipinski definition) is 5. The molecule has 0 aliphatic carbocycles. The van der Waals surface area contributed by atoms with E-state index in [-0.39, 0.29) is 0 Å². The zero-order valence-corrected chi connectivity index (χ0v) is 16.9. The van der Waals surface area contributed by atoms with Crippen LogP contribution in [-0.2, 0) is 13.6 Å². The lowest BCUT2D eigenvalue weighted by molar-refractivity contribution is 0.200. The van der Waals surface area contributed by atoms with Gasteiger partial charge in [0.2, 0.25) is 0 Å². The van der Waals surface area contributed by atoms with Gasteiger partial charge in [-0.2, -0.15) is 5.10 Å². The van der Waals surface area contributed by atoms with E-state index in [0.717, 1.165) is 55.4 Å². The molecule has 3 heterocycles. The van der Waals surface area contributed by atoms with Crippen LogP contribution in [0.15, 0.2) is 48.8 Å². The fourth-order valence-electron chi connectivity index (χ4n) is 3.94. The smallest absolute Gasteiger partial charge is 0.161 e. The second kappa shape index (κ2) is 8.10. The highest BCUT2D eigenvalue weighted by Crippen LogP contribution is 2.24. The molecule has 0 atom stereocenters. The van der Waals surface area contributed by atoms with E-state index in [4.69, 9.17) is 4.98 Å². The van der Waals surface area contributed by atoms with Crippen molar-refractivity contribution in [2.75, 3.05) is 25.0 Å².